The quantitative estimate of drug-likeness (QED) is 0.552. The predicted octanol–water partition coefficient (Wildman–Crippen LogP) is 3.59. The highest BCUT2D eigenvalue weighted by Crippen LogP contribution is 2.22. The Balaban J connectivity index is 1.17. The molecule has 8 heteroatoms. The topological polar surface area (TPSA) is 60.8 Å². The summed E-state index contributed by atoms with van der Waals surface area (Å²) in [7, 11) is 0. The lowest BCUT2D eigenvalue weighted by molar-refractivity contribution is -0.140. The van der Waals surface area contributed by atoms with Crippen molar-refractivity contribution >= 4 is 5.69 Å². The highest BCUT2D eigenvalue weighted by Gasteiger charge is 2.34. The van der Waals surface area contributed by atoms with Gasteiger partial charge in [0, 0.05) is 51.5 Å². The number of alkyl halides is 2. The van der Waals surface area contributed by atoms with E-state index in [1.165, 1.54) is 0 Å². The Morgan fingerprint density at radius 2 is 1.67 bits per heavy atom. The molecule has 176 valence electrons. The summed E-state index contributed by atoms with van der Waals surface area (Å²) < 4.78 is 35.8. The third-order valence-corrected chi connectivity index (χ3v) is 5.93. The number of benzene rings is 2. The van der Waals surface area contributed by atoms with Crippen molar-refractivity contribution in [2.75, 3.05) is 51.2 Å². The monoisotopic (exact) mass is 456 g/mol. The van der Waals surface area contributed by atoms with E-state index in [4.69, 9.17) is 14.7 Å². The summed E-state index contributed by atoms with van der Waals surface area (Å²) in [5.41, 5.74) is 2.85. The van der Waals surface area contributed by atoms with Crippen molar-refractivity contribution in [1.82, 2.24) is 9.80 Å². The maximum atomic E-state index is 12.3. The van der Waals surface area contributed by atoms with E-state index >= 15 is 0 Å². The molecular formula is C25H30F2N4O2. The first kappa shape index (κ1) is 23.4. The standard InChI is InChI=1S/C25H30F2N4O2/c26-25(27)18-32-22-8-4-20(5-9-22)13-31-16-23-14-30(15-24(17-31)33-23)11-1-10-29-21-6-2-19(12-28)3-7-21/h2-9,23-25,29H,1,10-11,13-18H2. The van der Waals surface area contributed by atoms with Gasteiger partial charge in [-0.25, -0.2) is 8.78 Å². The van der Waals surface area contributed by atoms with Gasteiger partial charge in [0.25, 0.3) is 6.43 Å². The van der Waals surface area contributed by atoms with E-state index in [1.807, 2.05) is 36.4 Å². The molecule has 2 atom stereocenters. The molecule has 0 aromatic heterocycles. The average molecular weight is 457 g/mol. The molecule has 33 heavy (non-hydrogen) atoms. The molecule has 4 rings (SSSR count). The Labute approximate surface area is 193 Å². The molecule has 0 radical (unpaired) electrons. The first-order valence-electron chi connectivity index (χ1n) is 11.4. The number of nitrogens with zero attached hydrogens (tertiary/aromatic N) is 3. The highest BCUT2D eigenvalue weighted by atomic mass is 19.3. The van der Waals surface area contributed by atoms with Crippen LogP contribution in [0.25, 0.3) is 0 Å². The molecule has 0 spiro atoms. The van der Waals surface area contributed by atoms with Crippen molar-refractivity contribution < 1.29 is 18.3 Å². The number of anilines is 1. The number of rotatable bonds is 10. The molecule has 2 bridgehead atoms. The van der Waals surface area contributed by atoms with Gasteiger partial charge < -0.3 is 14.8 Å². The van der Waals surface area contributed by atoms with Gasteiger partial charge in [0.15, 0.2) is 0 Å². The van der Waals surface area contributed by atoms with Crippen molar-refractivity contribution in [1.29, 1.82) is 5.26 Å². The van der Waals surface area contributed by atoms with E-state index in [0.717, 1.165) is 63.5 Å². The van der Waals surface area contributed by atoms with E-state index in [1.54, 1.807) is 12.1 Å². The zero-order valence-corrected chi connectivity index (χ0v) is 18.6. The fraction of sp³-hybridized carbons (Fsp3) is 0.480. The fourth-order valence-electron chi connectivity index (χ4n) is 4.48. The summed E-state index contributed by atoms with van der Waals surface area (Å²) in [6.45, 7) is 5.81. The molecule has 2 saturated heterocycles. The molecule has 2 unspecified atom stereocenters. The summed E-state index contributed by atoms with van der Waals surface area (Å²) >= 11 is 0. The van der Waals surface area contributed by atoms with Crippen molar-refractivity contribution in [3.63, 3.8) is 0 Å². The molecule has 2 fully saturated rings. The van der Waals surface area contributed by atoms with Crippen LogP contribution in [0.4, 0.5) is 14.5 Å². The molecule has 0 saturated carbocycles. The number of fused-ring (bicyclic) bond motifs is 2. The van der Waals surface area contributed by atoms with Gasteiger partial charge in [0.05, 0.1) is 23.8 Å². The zero-order valence-electron chi connectivity index (χ0n) is 18.6. The first-order chi connectivity index (χ1) is 16.1. The molecule has 6 nitrogen and oxygen atoms in total. The second-order valence-corrected chi connectivity index (χ2v) is 8.65. The van der Waals surface area contributed by atoms with Crippen LogP contribution in [-0.4, -0.2) is 74.3 Å². The lowest BCUT2D eigenvalue weighted by Gasteiger charge is -2.46. The SMILES string of the molecule is N#Cc1ccc(NCCCN2CC3CN(Cc4ccc(OCC(F)F)cc4)CC(C2)O3)cc1. The molecule has 2 aromatic rings. The van der Waals surface area contributed by atoms with E-state index in [-0.39, 0.29) is 12.2 Å². The molecule has 2 aliphatic heterocycles. The van der Waals surface area contributed by atoms with Crippen molar-refractivity contribution in [2.45, 2.75) is 31.6 Å². The molecule has 0 aliphatic carbocycles. The molecule has 2 aromatic carbocycles. The zero-order chi connectivity index (χ0) is 23.0. The molecule has 2 heterocycles. The van der Waals surface area contributed by atoms with Gasteiger partial charge in [0.2, 0.25) is 0 Å². The molecular weight excluding hydrogens is 426 g/mol. The minimum atomic E-state index is -2.46. The van der Waals surface area contributed by atoms with Gasteiger partial charge in [-0.1, -0.05) is 12.1 Å². The third kappa shape index (κ3) is 7.13. The van der Waals surface area contributed by atoms with Crippen LogP contribution in [0.1, 0.15) is 17.5 Å². The molecule has 2 aliphatic rings. The Hall–Kier alpha value is -2.73. The Morgan fingerprint density at radius 1 is 1.00 bits per heavy atom. The lowest BCUT2D eigenvalue weighted by Crippen LogP contribution is -2.59. The Kier molecular flexibility index (Phi) is 8.10. The smallest absolute Gasteiger partial charge is 0.272 e. The van der Waals surface area contributed by atoms with Gasteiger partial charge in [-0.05, 0) is 48.4 Å². The van der Waals surface area contributed by atoms with Crippen molar-refractivity contribution in [3.8, 4) is 11.8 Å². The highest BCUT2D eigenvalue weighted by molar-refractivity contribution is 5.47. The fourth-order valence-corrected chi connectivity index (χ4v) is 4.48. The van der Waals surface area contributed by atoms with Crippen LogP contribution >= 0.6 is 0 Å². The minimum absolute atomic E-state index is 0.206. The van der Waals surface area contributed by atoms with Gasteiger partial charge in [-0.3, -0.25) is 9.80 Å². The minimum Gasteiger partial charge on any atom is -0.488 e. The number of nitriles is 1. The molecule has 1 N–H and O–H groups in total. The van der Waals surface area contributed by atoms with E-state index in [9.17, 15) is 8.78 Å². The number of nitrogens with one attached hydrogen (secondary N) is 1. The normalized spacial score (nSPS) is 21.0. The number of ether oxygens (including phenoxy) is 2. The van der Waals surface area contributed by atoms with Gasteiger partial charge in [0.1, 0.15) is 12.4 Å². The summed E-state index contributed by atoms with van der Waals surface area (Å²) in [6, 6.07) is 17.1. The van der Waals surface area contributed by atoms with Gasteiger partial charge in [-0.2, -0.15) is 5.26 Å². The number of halogens is 2. The van der Waals surface area contributed by atoms with Crippen LogP contribution in [0.2, 0.25) is 0 Å². The number of morpholine rings is 2. The number of hydrogen-bond donors (Lipinski definition) is 1. The first-order valence-corrected chi connectivity index (χ1v) is 11.4. The predicted molar refractivity (Wildman–Crippen MR) is 123 cm³/mol. The van der Waals surface area contributed by atoms with Crippen LogP contribution < -0.4 is 10.1 Å². The van der Waals surface area contributed by atoms with Crippen LogP contribution in [-0.2, 0) is 11.3 Å². The summed E-state index contributed by atoms with van der Waals surface area (Å²) in [5.74, 6) is 0.474. The van der Waals surface area contributed by atoms with Crippen LogP contribution in [0.5, 0.6) is 5.75 Å². The maximum Gasteiger partial charge on any atom is 0.272 e. The van der Waals surface area contributed by atoms with Crippen molar-refractivity contribution in [3.05, 3.63) is 59.7 Å². The Morgan fingerprint density at radius 3 is 2.30 bits per heavy atom. The van der Waals surface area contributed by atoms with Gasteiger partial charge in [-0.15, -0.1) is 0 Å². The summed E-state index contributed by atoms with van der Waals surface area (Å²) in [4.78, 5) is 4.91. The second-order valence-electron chi connectivity index (χ2n) is 8.65. The summed E-state index contributed by atoms with van der Waals surface area (Å²) in [5, 5.41) is 12.3. The largest absolute Gasteiger partial charge is 0.488 e. The van der Waals surface area contributed by atoms with Crippen molar-refractivity contribution in [2.24, 2.45) is 0 Å². The lowest BCUT2D eigenvalue weighted by atomic mass is 10.1. The third-order valence-electron chi connectivity index (χ3n) is 5.93. The number of hydrogen-bond acceptors (Lipinski definition) is 6. The second kappa shape index (κ2) is 11.4. The van der Waals surface area contributed by atoms with Crippen LogP contribution in [0, 0.1) is 11.3 Å². The molecule has 0 amide bonds. The van der Waals surface area contributed by atoms with E-state index in [0.29, 0.717) is 11.3 Å². The Bertz CT molecular complexity index is 903. The van der Waals surface area contributed by atoms with E-state index in [2.05, 4.69) is 21.2 Å². The maximum absolute atomic E-state index is 12.3. The van der Waals surface area contributed by atoms with Crippen LogP contribution in [0.15, 0.2) is 48.5 Å². The average Bonchev–Trinajstić information content (AvgIpc) is 2.81. The van der Waals surface area contributed by atoms with Crippen LogP contribution in [0.3, 0.4) is 0 Å². The van der Waals surface area contributed by atoms with Gasteiger partial charge >= 0.3 is 0 Å². The van der Waals surface area contributed by atoms with E-state index < -0.39 is 13.0 Å². The summed E-state index contributed by atoms with van der Waals surface area (Å²) in [6.07, 6.45) is -1.01.